The normalized spacial score (nSPS) is 10.5. The second-order valence-electron chi connectivity index (χ2n) is 5.12. The van der Waals surface area contributed by atoms with Crippen LogP contribution in [0.15, 0.2) is 35.7 Å². The molecule has 1 amide bonds. The van der Waals surface area contributed by atoms with E-state index in [4.69, 9.17) is 5.26 Å². The number of nitro benzene ring substituents is 1. The van der Waals surface area contributed by atoms with Crippen molar-refractivity contribution in [3.8, 4) is 6.07 Å². The Morgan fingerprint density at radius 1 is 1.46 bits per heavy atom. The number of thioether (sulfide) groups is 1. The predicted octanol–water partition coefficient (Wildman–Crippen LogP) is 1.87. The largest absolute Gasteiger partial charge is 0.324 e. The van der Waals surface area contributed by atoms with E-state index in [1.807, 2.05) is 6.07 Å². The molecular formula is C15H11N7O3S. The standard InChI is InChI=1S/C15H11N7O3S/c1-21-14-11(6-19-21)15(18-8-17-14)26-7-13(23)20-12-3-2-10(22(24)25)4-9(12)5-16/h2-4,6,8H,7H2,1H3,(H,20,23). The lowest BCUT2D eigenvalue weighted by molar-refractivity contribution is -0.384. The number of nitro groups is 1. The van der Waals surface area contributed by atoms with Gasteiger partial charge in [0.1, 0.15) is 17.4 Å². The maximum atomic E-state index is 12.2. The summed E-state index contributed by atoms with van der Waals surface area (Å²) in [6.07, 6.45) is 3.02. The lowest BCUT2D eigenvalue weighted by atomic mass is 10.1. The monoisotopic (exact) mass is 369 g/mol. The van der Waals surface area contributed by atoms with Gasteiger partial charge in [0.25, 0.3) is 5.69 Å². The number of amides is 1. The van der Waals surface area contributed by atoms with E-state index in [1.54, 1.807) is 17.9 Å². The first kappa shape index (κ1) is 17.3. The number of rotatable bonds is 5. The number of aromatic nitrogens is 4. The third-order valence-corrected chi connectivity index (χ3v) is 4.45. The average Bonchev–Trinajstić information content (AvgIpc) is 3.02. The van der Waals surface area contributed by atoms with Crippen LogP contribution in [0.4, 0.5) is 11.4 Å². The number of hydrogen-bond donors (Lipinski definition) is 1. The second-order valence-corrected chi connectivity index (χ2v) is 6.08. The van der Waals surface area contributed by atoms with Crippen LogP contribution in [0.3, 0.4) is 0 Å². The number of aryl methyl sites for hydroxylation is 1. The van der Waals surface area contributed by atoms with Crippen molar-refractivity contribution in [2.45, 2.75) is 5.03 Å². The zero-order chi connectivity index (χ0) is 18.7. The molecule has 0 fully saturated rings. The molecule has 10 nitrogen and oxygen atoms in total. The van der Waals surface area contributed by atoms with Crippen LogP contribution in [-0.2, 0) is 11.8 Å². The number of hydrogen-bond acceptors (Lipinski definition) is 8. The van der Waals surface area contributed by atoms with Gasteiger partial charge in [-0.05, 0) is 6.07 Å². The molecule has 2 aromatic heterocycles. The van der Waals surface area contributed by atoms with E-state index in [0.29, 0.717) is 10.7 Å². The molecule has 0 aliphatic carbocycles. The smallest absolute Gasteiger partial charge is 0.270 e. The number of benzene rings is 1. The molecule has 0 saturated heterocycles. The van der Waals surface area contributed by atoms with Crippen LogP contribution in [0, 0.1) is 21.4 Å². The topological polar surface area (TPSA) is 140 Å². The Balaban J connectivity index is 1.71. The first-order chi connectivity index (χ1) is 12.5. The zero-order valence-electron chi connectivity index (χ0n) is 13.4. The Bertz CT molecular complexity index is 1060. The fourth-order valence-electron chi connectivity index (χ4n) is 2.22. The van der Waals surface area contributed by atoms with Crippen molar-refractivity contribution in [3.63, 3.8) is 0 Å². The maximum absolute atomic E-state index is 12.2. The molecule has 1 aromatic carbocycles. The van der Waals surface area contributed by atoms with Gasteiger partial charge in [-0.1, -0.05) is 11.8 Å². The molecule has 1 N–H and O–H groups in total. The quantitative estimate of drug-likeness (QED) is 0.311. The van der Waals surface area contributed by atoms with Gasteiger partial charge in [0.15, 0.2) is 5.65 Å². The molecule has 0 spiro atoms. The van der Waals surface area contributed by atoms with Gasteiger partial charge in [-0.3, -0.25) is 19.6 Å². The minimum Gasteiger partial charge on any atom is -0.324 e. The minimum absolute atomic E-state index is 0.0224. The number of non-ortho nitro benzene ring substituents is 1. The van der Waals surface area contributed by atoms with E-state index in [2.05, 4.69) is 20.4 Å². The molecule has 26 heavy (non-hydrogen) atoms. The summed E-state index contributed by atoms with van der Waals surface area (Å²) < 4.78 is 1.61. The van der Waals surface area contributed by atoms with Gasteiger partial charge < -0.3 is 5.32 Å². The van der Waals surface area contributed by atoms with Crippen LogP contribution in [0.1, 0.15) is 5.56 Å². The van der Waals surface area contributed by atoms with Gasteiger partial charge >= 0.3 is 0 Å². The van der Waals surface area contributed by atoms with Crippen LogP contribution in [-0.4, -0.2) is 36.3 Å². The van der Waals surface area contributed by atoms with Crippen molar-refractivity contribution < 1.29 is 9.72 Å². The van der Waals surface area contributed by atoms with Crippen LogP contribution in [0.2, 0.25) is 0 Å². The highest BCUT2D eigenvalue weighted by atomic mass is 32.2. The summed E-state index contributed by atoms with van der Waals surface area (Å²) in [5.74, 6) is -0.320. The van der Waals surface area contributed by atoms with Crippen molar-refractivity contribution in [3.05, 3.63) is 46.4 Å². The fraction of sp³-hybridized carbons (Fsp3) is 0.133. The summed E-state index contributed by atoms with van der Waals surface area (Å²) in [5.41, 5.74) is 0.686. The van der Waals surface area contributed by atoms with Crippen molar-refractivity contribution in [1.82, 2.24) is 19.7 Å². The Labute approximate surface area is 151 Å². The van der Waals surface area contributed by atoms with Crippen molar-refractivity contribution >= 4 is 40.1 Å². The van der Waals surface area contributed by atoms with E-state index >= 15 is 0 Å². The SMILES string of the molecule is Cn1ncc2c(SCC(=O)Nc3ccc([N+](=O)[O-])cc3C#N)ncnc21. The average molecular weight is 369 g/mol. The number of anilines is 1. The van der Waals surface area contributed by atoms with Gasteiger partial charge in [0, 0.05) is 19.2 Å². The third kappa shape index (κ3) is 3.45. The van der Waals surface area contributed by atoms with E-state index in [9.17, 15) is 14.9 Å². The Morgan fingerprint density at radius 2 is 2.27 bits per heavy atom. The molecule has 130 valence electrons. The third-order valence-electron chi connectivity index (χ3n) is 3.44. The van der Waals surface area contributed by atoms with Crippen molar-refractivity contribution in [1.29, 1.82) is 5.26 Å². The van der Waals surface area contributed by atoms with Gasteiger partial charge in [-0.2, -0.15) is 10.4 Å². The summed E-state index contributed by atoms with van der Waals surface area (Å²) in [5, 5.41) is 27.9. The highest BCUT2D eigenvalue weighted by Crippen LogP contribution is 2.25. The molecule has 11 heteroatoms. The van der Waals surface area contributed by atoms with E-state index in [0.717, 1.165) is 11.5 Å². The summed E-state index contributed by atoms with van der Waals surface area (Å²) in [7, 11) is 1.76. The first-order valence-corrected chi connectivity index (χ1v) is 8.22. The molecule has 0 aliphatic heterocycles. The summed E-state index contributed by atoms with van der Waals surface area (Å²) in [4.78, 5) is 30.6. The van der Waals surface area contributed by atoms with Gasteiger partial charge in [-0.25, -0.2) is 9.97 Å². The van der Waals surface area contributed by atoms with Crippen LogP contribution in [0.5, 0.6) is 0 Å². The Kier molecular flexibility index (Phi) is 4.76. The highest BCUT2D eigenvalue weighted by molar-refractivity contribution is 8.00. The van der Waals surface area contributed by atoms with E-state index in [-0.39, 0.29) is 28.6 Å². The second kappa shape index (κ2) is 7.16. The van der Waals surface area contributed by atoms with Crippen LogP contribution >= 0.6 is 11.8 Å². The zero-order valence-corrected chi connectivity index (χ0v) is 14.2. The molecule has 0 atom stereocenters. The van der Waals surface area contributed by atoms with E-state index in [1.165, 1.54) is 30.2 Å². The summed E-state index contributed by atoms with van der Waals surface area (Å²) >= 11 is 1.20. The molecule has 0 bridgehead atoms. The lowest BCUT2D eigenvalue weighted by Gasteiger charge is -2.07. The number of nitriles is 1. The van der Waals surface area contributed by atoms with Crippen molar-refractivity contribution in [2.75, 3.05) is 11.1 Å². The van der Waals surface area contributed by atoms with Gasteiger partial charge in [0.2, 0.25) is 5.91 Å². The number of nitrogens with zero attached hydrogens (tertiary/aromatic N) is 6. The van der Waals surface area contributed by atoms with Gasteiger partial charge in [-0.15, -0.1) is 0 Å². The number of carbonyl (C=O) groups excluding carboxylic acids is 1. The van der Waals surface area contributed by atoms with E-state index < -0.39 is 4.92 Å². The Hall–Kier alpha value is -3.52. The molecular weight excluding hydrogens is 358 g/mol. The molecule has 0 radical (unpaired) electrons. The predicted molar refractivity (Wildman–Crippen MR) is 93.5 cm³/mol. The maximum Gasteiger partial charge on any atom is 0.270 e. The van der Waals surface area contributed by atoms with Gasteiger partial charge in [0.05, 0.1) is 33.5 Å². The molecule has 0 saturated carbocycles. The first-order valence-electron chi connectivity index (χ1n) is 7.23. The number of fused-ring (bicyclic) bond motifs is 1. The van der Waals surface area contributed by atoms with Crippen LogP contribution in [0.25, 0.3) is 11.0 Å². The molecule has 2 heterocycles. The lowest BCUT2D eigenvalue weighted by Crippen LogP contribution is -2.15. The number of carbonyl (C=O) groups is 1. The van der Waals surface area contributed by atoms with Crippen molar-refractivity contribution in [2.24, 2.45) is 7.05 Å². The van der Waals surface area contributed by atoms with Crippen LogP contribution < -0.4 is 5.32 Å². The molecule has 0 aliphatic rings. The fourth-order valence-corrected chi connectivity index (χ4v) is 2.98. The summed E-state index contributed by atoms with van der Waals surface area (Å²) in [6, 6.07) is 5.52. The minimum atomic E-state index is -0.601. The Morgan fingerprint density at radius 3 is 3.00 bits per heavy atom. The number of nitrogens with one attached hydrogen (secondary N) is 1. The summed E-state index contributed by atoms with van der Waals surface area (Å²) in [6.45, 7) is 0. The highest BCUT2D eigenvalue weighted by Gasteiger charge is 2.14. The molecule has 0 unspecified atom stereocenters. The molecule has 3 aromatic rings. The molecule has 3 rings (SSSR count).